The summed E-state index contributed by atoms with van der Waals surface area (Å²) < 4.78 is 0. The van der Waals surface area contributed by atoms with Crippen LogP contribution < -0.4 is 5.73 Å². The van der Waals surface area contributed by atoms with Crippen LogP contribution in [0, 0.1) is 5.41 Å². The molecular formula is C7H13N. The molecule has 46 valence electrons. The van der Waals surface area contributed by atoms with E-state index in [9.17, 15) is 0 Å². The van der Waals surface area contributed by atoms with Crippen molar-refractivity contribution in [1.29, 1.82) is 0 Å². The Hall–Kier alpha value is -0.300. The largest absolute Gasteiger partial charge is 0.327 e. The third kappa shape index (κ3) is 0.583. The Bertz CT molecular complexity index is 105. The van der Waals surface area contributed by atoms with Crippen LogP contribution >= 0.6 is 0 Å². The quantitative estimate of drug-likeness (QED) is 0.534. The molecule has 1 saturated carbocycles. The Morgan fingerprint density at radius 3 is 2.50 bits per heavy atom. The maximum absolute atomic E-state index is 5.65. The van der Waals surface area contributed by atoms with Gasteiger partial charge in [-0.3, -0.25) is 0 Å². The maximum atomic E-state index is 5.65. The second kappa shape index (κ2) is 1.59. The topological polar surface area (TPSA) is 26.0 Å². The van der Waals surface area contributed by atoms with Gasteiger partial charge in [0.2, 0.25) is 0 Å². The fraction of sp³-hybridized carbons (Fsp3) is 0.714. The molecule has 0 spiro atoms. The molecule has 2 atom stereocenters. The van der Waals surface area contributed by atoms with Gasteiger partial charge in [0.25, 0.3) is 0 Å². The zero-order valence-electron chi connectivity index (χ0n) is 5.35. The molecule has 1 aliphatic carbocycles. The van der Waals surface area contributed by atoms with Gasteiger partial charge in [0.15, 0.2) is 0 Å². The molecule has 0 aromatic carbocycles. The predicted octanol–water partition coefficient (Wildman–Crippen LogP) is 1.30. The molecule has 1 heteroatoms. The van der Waals surface area contributed by atoms with Crippen LogP contribution in [0.4, 0.5) is 0 Å². The van der Waals surface area contributed by atoms with Crippen LogP contribution in [0.5, 0.6) is 0 Å². The average Bonchev–Trinajstić information content (AvgIpc) is 2.43. The fourth-order valence-corrected chi connectivity index (χ4v) is 1.14. The third-order valence-electron chi connectivity index (χ3n) is 2.24. The molecule has 1 unspecified atom stereocenters. The zero-order chi connectivity index (χ0) is 6.20. The standard InChI is InChI=1S/C7H13N/c1-3-7(4-2)5-6(7)8/h3,6H,1,4-5,8H2,2H3/t6?,7-/m0/s1. The molecule has 1 aliphatic rings. The molecule has 0 aromatic heterocycles. The third-order valence-corrected chi connectivity index (χ3v) is 2.24. The van der Waals surface area contributed by atoms with Crippen LogP contribution in [0.1, 0.15) is 19.8 Å². The highest BCUT2D eigenvalue weighted by molar-refractivity contribution is 5.14. The monoisotopic (exact) mass is 111 g/mol. The fourth-order valence-electron chi connectivity index (χ4n) is 1.14. The van der Waals surface area contributed by atoms with E-state index in [-0.39, 0.29) is 0 Å². The average molecular weight is 111 g/mol. The van der Waals surface area contributed by atoms with Crippen molar-refractivity contribution in [2.24, 2.45) is 11.1 Å². The Morgan fingerprint density at radius 2 is 2.50 bits per heavy atom. The van der Waals surface area contributed by atoms with Crippen LogP contribution in [-0.4, -0.2) is 6.04 Å². The maximum Gasteiger partial charge on any atom is 0.0140 e. The molecule has 0 aliphatic heterocycles. The van der Waals surface area contributed by atoms with Crippen LogP contribution in [0.25, 0.3) is 0 Å². The van der Waals surface area contributed by atoms with Gasteiger partial charge in [0.1, 0.15) is 0 Å². The summed E-state index contributed by atoms with van der Waals surface area (Å²) in [5.41, 5.74) is 5.98. The normalized spacial score (nSPS) is 44.0. The second-order valence-corrected chi connectivity index (χ2v) is 2.60. The minimum atomic E-state index is 0.333. The Kier molecular flexibility index (Phi) is 1.16. The highest BCUT2D eigenvalue weighted by Gasteiger charge is 2.47. The molecule has 1 rings (SSSR count). The molecule has 0 radical (unpaired) electrons. The molecular weight excluding hydrogens is 98.1 g/mol. The first-order valence-electron chi connectivity index (χ1n) is 3.14. The highest BCUT2D eigenvalue weighted by atomic mass is 14.8. The molecule has 2 N–H and O–H groups in total. The molecule has 0 aromatic rings. The van der Waals surface area contributed by atoms with Gasteiger partial charge >= 0.3 is 0 Å². The lowest BCUT2D eigenvalue weighted by atomic mass is 10.0. The van der Waals surface area contributed by atoms with Crippen molar-refractivity contribution in [2.75, 3.05) is 0 Å². The number of hydrogen-bond acceptors (Lipinski definition) is 1. The van der Waals surface area contributed by atoms with Crippen molar-refractivity contribution in [3.63, 3.8) is 0 Å². The van der Waals surface area contributed by atoms with Gasteiger partial charge in [0.05, 0.1) is 0 Å². The summed E-state index contributed by atoms with van der Waals surface area (Å²) in [7, 11) is 0. The van der Waals surface area contributed by atoms with Crippen molar-refractivity contribution in [3.8, 4) is 0 Å². The van der Waals surface area contributed by atoms with Gasteiger partial charge in [0, 0.05) is 11.5 Å². The summed E-state index contributed by atoms with van der Waals surface area (Å²) in [4.78, 5) is 0. The number of rotatable bonds is 2. The Morgan fingerprint density at radius 1 is 2.00 bits per heavy atom. The summed E-state index contributed by atoms with van der Waals surface area (Å²) in [6.45, 7) is 5.90. The molecule has 1 nitrogen and oxygen atoms in total. The van der Waals surface area contributed by atoms with Gasteiger partial charge in [-0.2, -0.15) is 0 Å². The lowest BCUT2D eigenvalue weighted by Gasteiger charge is -2.03. The molecule has 1 fully saturated rings. The lowest BCUT2D eigenvalue weighted by Crippen LogP contribution is -2.09. The smallest absolute Gasteiger partial charge is 0.0140 e. The predicted molar refractivity (Wildman–Crippen MR) is 35.5 cm³/mol. The minimum Gasteiger partial charge on any atom is -0.327 e. The van der Waals surface area contributed by atoms with Crippen LogP contribution in [0.2, 0.25) is 0 Å². The van der Waals surface area contributed by atoms with E-state index in [2.05, 4.69) is 13.5 Å². The first-order chi connectivity index (χ1) is 3.75. The zero-order valence-corrected chi connectivity index (χ0v) is 5.35. The van der Waals surface area contributed by atoms with Crippen LogP contribution in [0.3, 0.4) is 0 Å². The van der Waals surface area contributed by atoms with Gasteiger partial charge in [-0.1, -0.05) is 13.0 Å². The van der Waals surface area contributed by atoms with Crippen molar-refractivity contribution < 1.29 is 0 Å². The van der Waals surface area contributed by atoms with E-state index in [1.165, 1.54) is 0 Å². The molecule has 0 amide bonds. The van der Waals surface area contributed by atoms with E-state index in [4.69, 9.17) is 5.73 Å². The summed E-state index contributed by atoms with van der Waals surface area (Å²) in [5, 5.41) is 0. The minimum absolute atomic E-state index is 0.333. The van der Waals surface area contributed by atoms with Gasteiger partial charge < -0.3 is 5.73 Å². The molecule has 0 heterocycles. The first-order valence-corrected chi connectivity index (χ1v) is 3.14. The van der Waals surface area contributed by atoms with E-state index >= 15 is 0 Å². The van der Waals surface area contributed by atoms with E-state index in [1.54, 1.807) is 0 Å². The lowest BCUT2D eigenvalue weighted by molar-refractivity contribution is 0.598. The Labute approximate surface area is 50.6 Å². The van der Waals surface area contributed by atoms with Crippen molar-refractivity contribution in [3.05, 3.63) is 12.7 Å². The summed E-state index contributed by atoms with van der Waals surface area (Å²) in [6.07, 6.45) is 4.29. The second-order valence-electron chi connectivity index (χ2n) is 2.60. The molecule has 8 heavy (non-hydrogen) atoms. The van der Waals surface area contributed by atoms with Gasteiger partial charge in [-0.05, 0) is 12.8 Å². The van der Waals surface area contributed by atoms with Crippen LogP contribution in [0.15, 0.2) is 12.7 Å². The summed E-state index contributed by atoms with van der Waals surface area (Å²) >= 11 is 0. The SMILES string of the molecule is C=C[C@]1(CC)CC1N. The summed E-state index contributed by atoms with van der Waals surface area (Å²) in [5.74, 6) is 0. The first kappa shape index (κ1) is 5.83. The van der Waals surface area contributed by atoms with E-state index < -0.39 is 0 Å². The van der Waals surface area contributed by atoms with E-state index in [0.717, 1.165) is 12.8 Å². The van der Waals surface area contributed by atoms with E-state index in [0.29, 0.717) is 11.5 Å². The van der Waals surface area contributed by atoms with Crippen molar-refractivity contribution in [2.45, 2.75) is 25.8 Å². The van der Waals surface area contributed by atoms with Crippen LogP contribution in [-0.2, 0) is 0 Å². The van der Waals surface area contributed by atoms with Gasteiger partial charge in [-0.15, -0.1) is 6.58 Å². The van der Waals surface area contributed by atoms with Gasteiger partial charge in [-0.25, -0.2) is 0 Å². The Balaban J connectivity index is 2.51. The molecule has 0 bridgehead atoms. The number of hydrogen-bond donors (Lipinski definition) is 1. The summed E-state index contributed by atoms with van der Waals surface area (Å²) in [6, 6.07) is 0.407. The van der Waals surface area contributed by atoms with Crippen molar-refractivity contribution in [1.82, 2.24) is 0 Å². The van der Waals surface area contributed by atoms with E-state index in [1.807, 2.05) is 6.08 Å². The molecule has 0 saturated heterocycles. The highest BCUT2D eigenvalue weighted by Crippen LogP contribution is 2.48. The number of nitrogens with two attached hydrogens (primary N) is 1. The van der Waals surface area contributed by atoms with Crippen molar-refractivity contribution >= 4 is 0 Å².